The Morgan fingerprint density at radius 3 is 2.49 bits per heavy atom. The highest BCUT2D eigenvalue weighted by Gasteiger charge is 2.42. The second-order valence-electron chi connectivity index (χ2n) is 10.8. The lowest BCUT2D eigenvalue weighted by Gasteiger charge is -2.37. The van der Waals surface area contributed by atoms with E-state index in [-0.39, 0.29) is 17.9 Å². The Morgan fingerprint density at radius 2 is 1.77 bits per heavy atom. The molecule has 0 amide bonds. The van der Waals surface area contributed by atoms with E-state index in [1.165, 1.54) is 18.6 Å². The van der Waals surface area contributed by atoms with Gasteiger partial charge >= 0.3 is 0 Å². The number of pyridine rings is 1. The number of nitrogens with one attached hydrogen (secondary N) is 1. The molecular weight excluding hydrogens is 529 g/mol. The summed E-state index contributed by atoms with van der Waals surface area (Å²) in [6.07, 6.45) is 4.98. The fourth-order valence-electron chi connectivity index (χ4n) is 6.19. The predicted molar refractivity (Wildman–Crippen MR) is 160 cm³/mol. The number of nitrogens with zero attached hydrogens (tertiary/aromatic N) is 4. The van der Waals surface area contributed by atoms with Crippen molar-refractivity contribution in [1.29, 1.82) is 0 Å². The van der Waals surface area contributed by atoms with Gasteiger partial charge in [-0.1, -0.05) is 37.6 Å². The number of thiocarbonyl (C=S) groups is 1. The third kappa shape index (κ3) is 5.01. The highest BCUT2D eigenvalue weighted by molar-refractivity contribution is 7.80. The minimum atomic E-state index is -0.283. The molecular formula is C31H31ClFN5S. The SMILES string of the molecule is C[C@H]1C[C@H](C)CN(c2ccc(N3C(=S)N[C@@H](c4ccccn4)[C@@H]3c3cccn3-c3cccc(F)c3)cc2Cl)C1. The molecule has 2 aromatic carbocycles. The molecule has 2 saturated heterocycles. The van der Waals surface area contributed by atoms with Gasteiger partial charge < -0.3 is 19.7 Å². The van der Waals surface area contributed by atoms with E-state index in [2.05, 4.69) is 52.1 Å². The van der Waals surface area contributed by atoms with E-state index in [4.69, 9.17) is 23.8 Å². The van der Waals surface area contributed by atoms with Crippen LogP contribution in [-0.2, 0) is 0 Å². The molecule has 2 aliphatic heterocycles. The van der Waals surface area contributed by atoms with Crippen molar-refractivity contribution in [3.63, 3.8) is 0 Å². The molecule has 0 saturated carbocycles. The Morgan fingerprint density at radius 1 is 0.949 bits per heavy atom. The van der Waals surface area contributed by atoms with Crippen molar-refractivity contribution in [2.75, 3.05) is 22.9 Å². The van der Waals surface area contributed by atoms with E-state index >= 15 is 0 Å². The van der Waals surface area contributed by atoms with E-state index < -0.39 is 0 Å². The van der Waals surface area contributed by atoms with Gasteiger partial charge in [-0.15, -0.1) is 0 Å². The summed E-state index contributed by atoms with van der Waals surface area (Å²) in [5.74, 6) is 0.965. The van der Waals surface area contributed by atoms with Crippen LogP contribution in [0.25, 0.3) is 5.69 Å². The smallest absolute Gasteiger partial charge is 0.174 e. The lowest BCUT2D eigenvalue weighted by atomic mass is 9.91. The van der Waals surface area contributed by atoms with Gasteiger partial charge in [0.2, 0.25) is 0 Å². The number of anilines is 2. The van der Waals surface area contributed by atoms with Crippen molar-refractivity contribution in [2.45, 2.75) is 32.4 Å². The minimum Gasteiger partial charge on any atom is -0.370 e. The second kappa shape index (κ2) is 10.6. The average Bonchev–Trinajstić information content (AvgIpc) is 3.53. The van der Waals surface area contributed by atoms with E-state index in [0.717, 1.165) is 41.5 Å². The summed E-state index contributed by atoms with van der Waals surface area (Å²) in [4.78, 5) is 9.16. The van der Waals surface area contributed by atoms with Crippen molar-refractivity contribution in [3.05, 3.63) is 107 Å². The summed E-state index contributed by atoms with van der Waals surface area (Å²) >= 11 is 12.9. The average molecular weight is 560 g/mol. The van der Waals surface area contributed by atoms with Gasteiger partial charge in [0.15, 0.2) is 5.11 Å². The summed E-state index contributed by atoms with van der Waals surface area (Å²) in [5.41, 5.74) is 4.53. The molecule has 1 N–H and O–H groups in total. The third-order valence-electron chi connectivity index (χ3n) is 7.69. The fourth-order valence-corrected chi connectivity index (χ4v) is 6.83. The molecule has 0 radical (unpaired) electrons. The van der Waals surface area contributed by atoms with E-state index in [1.807, 2.05) is 47.2 Å². The van der Waals surface area contributed by atoms with Gasteiger partial charge in [-0.25, -0.2) is 4.39 Å². The summed E-state index contributed by atoms with van der Waals surface area (Å²) in [6.45, 7) is 6.60. The zero-order chi connectivity index (χ0) is 27.1. The van der Waals surface area contributed by atoms with E-state index in [0.29, 0.717) is 22.0 Å². The molecule has 2 aliphatic rings. The van der Waals surface area contributed by atoms with Crippen molar-refractivity contribution < 1.29 is 4.39 Å². The largest absolute Gasteiger partial charge is 0.370 e. The van der Waals surface area contributed by atoms with Crippen molar-refractivity contribution in [1.82, 2.24) is 14.9 Å². The highest BCUT2D eigenvalue weighted by Crippen LogP contribution is 2.44. The number of aromatic nitrogens is 2. The van der Waals surface area contributed by atoms with Crippen LogP contribution >= 0.6 is 23.8 Å². The molecule has 0 aliphatic carbocycles. The summed E-state index contributed by atoms with van der Waals surface area (Å²) in [5, 5.41) is 4.81. The first-order chi connectivity index (χ1) is 18.9. The topological polar surface area (TPSA) is 36.3 Å². The molecule has 0 spiro atoms. The predicted octanol–water partition coefficient (Wildman–Crippen LogP) is 7.32. The van der Waals surface area contributed by atoms with E-state index in [1.54, 1.807) is 12.3 Å². The molecule has 4 heterocycles. The number of hydrogen-bond acceptors (Lipinski definition) is 3. The number of benzene rings is 2. The third-order valence-corrected chi connectivity index (χ3v) is 8.30. The van der Waals surface area contributed by atoms with Gasteiger partial charge in [-0.05, 0) is 91.1 Å². The molecule has 0 bridgehead atoms. The molecule has 6 rings (SSSR count). The summed E-state index contributed by atoms with van der Waals surface area (Å²) in [6, 6.07) is 22.3. The van der Waals surface area contributed by atoms with Crippen LogP contribution in [0.4, 0.5) is 15.8 Å². The van der Waals surface area contributed by atoms with Crippen molar-refractivity contribution in [3.8, 4) is 5.69 Å². The number of halogens is 2. The molecule has 4 aromatic rings. The van der Waals surface area contributed by atoms with Gasteiger partial charge in [-0.3, -0.25) is 4.98 Å². The molecule has 39 heavy (non-hydrogen) atoms. The first kappa shape index (κ1) is 25.8. The standard InChI is InChI=1S/C31H31ClFN5S/c1-20-15-21(2)19-36(18-20)27-12-11-24(17-25(27)32)38-30(29(35-31(38)39)26-9-3-4-13-34-26)28-10-6-14-37(28)23-8-5-7-22(33)16-23/h3-14,16-17,20-21,29-30H,15,18-19H2,1-2H3,(H,35,39)/t20-,21-,29-,30-/m0/s1. The maximum absolute atomic E-state index is 14.2. The van der Waals surface area contributed by atoms with Gasteiger partial charge in [0.05, 0.1) is 22.4 Å². The molecule has 0 unspecified atom stereocenters. The lowest BCUT2D eigenvalue weighted by molar-refractivity contribution is 0.357. The van der Waals surface area contributed by atoms with Crippen LogP contribution in [0.5, 0.6) is 0 Å². The monoisotopic (exact) mass is 559 g/mol. The molecule has 8 heteroatoms. The van der Waals surface area contributed by atoms with Crippen molar-refractivity contribution in [2.24, 2.45) is 11.8 Å². The normalized spacial score (nSPS) is 23.2. The number of piperidine rings is 1. The van der Waals surface area contributed by atoms with E-state index in [9.17, 15) is 4.39 Å². The number of hydrogen-bond donors (Lipinski definition) is 1. The van der Waals surface area contributed by atoms with Crippen LogP contribution in [0.3, 0.4) is 0 Å². The van der Waals surface area contributed by atoms with Gasteiger partial charge in [0, 0.05) is 42.6 Å². The molecule has 5 nitrogen and oxygen atoms in total. The lowest BCUT2D eigenvalue weighted by Crippen LogP contribution is -2.38. The molecule has 2 fully saturated rings. The number of rotatable bonds is 5. The Balaban J connectivity index is 1.43. The van der Waals surface area contributed by atoms with Gasteiger partial charge in [0.25, 0.3) is 0 Å². The Labute approximate surface area is 239 Å². The Bertz CT molecular complexity index is 1480. The first-order valence-corrected chi connectivity index (χ1v) is 14.2. The highest BCUT2D eigenvalue weighted by atomic mass is 35.5. The first-order valence-electron chi connectivity index (χ1n) is 13.4. The Kier molecular flexibility index (Phi) is 7.04. The quantitative estimate of drug-likeness (QED) is 0.259. The van der Waals surface area contributed by atoms with Crippen LogP contribution in [0.1, 0.15) is 43.7 Å². The zero-order valence-corrected chi connectivity index (χ0v) is 23.5. The van der Waals surface area contributed by atoms with Crippen LogP contribution in [0, 0.1) is 17.7 Å². The maximum atomic E-state index is 14.2. The van der Waals surface area contributed by atoms with Gasteiger partial charge in [0.1, 0.15) is 11.9 Å². The van der Waals surface area contributed by atoms with Crippen LogP contribution in [0.2, 0.25) is 5.02 Å². The molecule has 4 atom stereocenters. The molecule has 2 aromatic heterocycles. The summed E-state index contributed by atoms with van der Waals surface area (Å²) < 4.78 is 16.2. The fraction of sp³-hybridized carbons (Fsp3) is 0.290. The van der Waals surface area contributed by atoms with Gasteiger partial charge in [-0.2, -0.15) is 0 Å². The molecule has 200 valence electrons. The van der Waals surface area contributed by atoms with Crippen LogP contribution in [0.15, 0.2) is 85.2 Å². The summed E-state index contributed by atoms with van der Waals surface area (Å²) in [7, 11) is 0. The second-order valence-corrected chi connectivity index (χ2v) is 11.6. The Hall–Kier alpha value is -3.42. The van der Waals surface area contributed by atoms with Crippen LogP contribution in [-0.4, -0.2) is 27.8 Å². The minimum absolute atomic E-state index is 0.219. The van der Waals surface area contributed by atoms with Crippen LogP contribution < -0.4 is 15.1 Å². The maximum Gasteiger partial charge on any atom is 0.174 e. The zero-order valence-electron chi connectivity index (χ0n) is 22.0. The van der Waals surface area contributed by atoms with Crippen molar-refractivity contribution >= 4 is 40.3 Å².